The van der Waals surface area contributed by atoms with Gasteiger partial charge in [0.15, 0.2) is 0 Å². The number of carbonyl (C=O) groups excluding carboxylic acids is 2. The minimum absolute atomic E-state index is 0.112. The van der Waals surface area contributed by atoms with Gasteiger partial charge in [-0.3, -0.25) is 9.59 Å². The molecule has 132 valence electrons. The zero-order valence-electron chi connectivity index (χ0n) is 14.2. The third kappa shape index (κ3) is 4.97. The lowest BCUT2D eigenvalue weighted by Crippen LogP contribution is -2.28. The molecule has 0 saturated heterocycles. The van der Waals surface area contributed by atoms with Gasteiger partial charge in [-0.1, -0.05) is 48.7 Å². The number of benzene rings is 2. The topological polar surface area (TPSA) is 49.4 Å². The van der Waals surface area contributed by atoms with E-state index in [0.29, 0.717) is 33.4 Å². The van der Waals surface area contributed by atoms with Crippen LogP contribution in [0.15, 0.2) is 42.5 Å². The molecule has 0 saturated carbocycles. The molecule has 0 bridgehead atoms. The lowest BCUT2D eigenvalue weighted by atomic mass is 10.1. The van der Waals surface area contributed by atoms with Gasteiger partial charge in [0.2, 0.25) is 0 Å². The van der Waals surface area contributed by atoms with E-state index in [4.69, 9.17) is 23.2 Å². The molecule has 0 atom stereocenters. The molecule has 25 heavy (non-hydrogen) atoms. The van der Waals surface area contributed by atoms with E-state index in [1.807, 2.05) is 0 Å². The quantitative estimate of drug-likeness (QED) is 0.758. The Morgan fingerprint density at radius 2 is 1.64 bits per heavy atom. The van der Waals surface area contributed by atoms with Crippen LogP contribution in [0.1, 0.15) is 40.5 Å². The molecule has 2 amide bonds. The van der Waals surface area contributed by atoms with E-state index in [9.17, 15) is 9.59 Å². The van der Waals surface area contributed by atoms with Crippen molar-refractivity contribution in [3.63, 3.8) is 0 Å². The van der Waals surface area contributed by atoms with Gasteiger partial charge in [0, 0.05) is 24.7 Å². The zero-order chi connectivity index (χ0) is 18.4. The highest BCUT2D eigenvalue weighted by Crippen LogP contribution is 2.30. The summed E-state index contributed by atoms with van der Waals surface area (Å²) in [6.45, 7) is 2.75. The number of para-hydroxylation sites is 1. The first-order chi connectivity index (χ1) is 11.9. The van der Waals surface area contributed by atoms with Crippen LogP contribution in [0, 0.1) is 0 Å². The largest absolute Gasteiger partial charge is 0.342 e. The average Bonchev–Trinajstić information content (AvgIpc) is 2.62. The first-order valence-corrected chi connectivity index (χ1v) is 8.80. The number of halogens is 2. The van der Waals surface area contributed by atoms with Crippen LogP contribution in [0.3, 0.4) is 0 Å². The van der Waals surface area contributed by atoms with Gasteiger partial charge in [-0.05, 0) is 36.8 Å². The van der Waals surface area contributed by atoms with Crippen LogP contribution in [0.2, 0.25) is 10.0 Å². The number of hydrogen-bond acceptors (Lipinski definition) is 2. The van der Waals surface area contributed by atoms with E-state index in [1.54, 1.807) is 54.4 Å². The molecule has 2 aromatic carbocycles. The van der Waals surface area contributed by atoms with Crippen LogP contribution in [-0.4, -0.2) is 30.3 Å². The van der Waals surface area contributed by atoms with E-state index in [0.717, 1.165) is 12.8 Å². The van der Waals surface area contributed by atoms with Crippen molar-refractivity contribution >= 4 is 40.7 Å². The van der Waals surface area contributed by atoms with Crippen molar-refractivity contribution in [3.05, 3.63) is 63.6 Å². The third-order valence-corrected chi connectivity index (χ3v) is 4.40. The van der Waals surface area contributed by atoms with Crippen LogP contribution < -0.4 is 5.32 Å². The number of amides is 2. The minimum atomic E-state index is -0.374. The molecule has 4 nitrogen and oxygen atoms in total. The van der Waals surface area contributed by atoms with Crippen molar-refractivity contribution in [2.75, 3.05) is 18.9 Å². The van der Waals surface area contributed by atoms with E-state index in [2.05, 4.69) is 12.2 Å². The normalized spacial score (nSPS) is 10.4. The average molecular weight is 379 g/mol. The van der Waals surface area contributed by atoms with Crippen LogP contribution >= 0.6 is 23.2 Å². The van der Waals surface area contributed by atoms with Gasteiger partial charge >= 0.3 is 0 Å². The fraction of sp³-hybridized carbons (Fsp3) is 0.263. The highest BCUT2D eigenvalue weighted by molar-refractivity contribution is 6.40. The summed E-state index contributed by atoms with van der Waals surface area (Å²) in [5, 5.41) is 3.40. The lowest BCUT2D eigenvalue weighted by molar-refractivity contribution is 0.0793. The van der Waals surface area contributed by atoms with Crippen LogP contribution in [0.5, 0.6) is 0 Å². The minimum Gasteiger partial charge on any atom is -0.342 e. The number of nitrogens with one attached hydrogen (secondary N) is 1. The molecule has 0 aliphatic rings. The maximum absolute atomic E-state index is 12.5. The summed E-state index contributed by atoms with van der Waals surface area (Å²) in [5.41, 5.74) is 1.19. The monoisotopic (exact) mass is 378 g/mol. The van der Waals surface area contributed by atoms with E-state index >= 15 is 0 Å². The third-order valence-electron chi connectivity index (χ3n) is 3.77. The molecule has 2 rings (SSSR count). The van der Waals surface area contributed by atoms with Crippen molar-refractivity contribution in [3.8, 4) is 0 Å². The molecule has 0 aliphatic carbocycles. The van der Waals surface area contributed by atoms with Crippen molar-refractivity contribution < 1.29 is 9.59 Å². The van der Waals surface area contributed by atoms with E-state index < -0.39 is 0 Å². The molecule has 0 aliphatic heterocycles. The molecular weight excluding hydrogens is 359 g/mol. The lowest BCUT2D eigenvalue weighted by Gasteiger charge is -2.17. The Labute approximate surface area is 157 Å². The van der Waals surface area contributed by atoms with Crippen LogP contribution in [-0.2, 0) is 0 Å². The predicted molar refractivity (Wildman–Crippen MR) is 103 cm³/mol. The second kappa shape index (κ2) is 8.88. The number of rotatable bonds is 6. The number of nitrogens with zero attached hydrogens (tertiary/aromatic N) is 1. The van der Waals surface area contributed by atoms with Gasteiger partial charge in [-0.15, -0.1) is 0 Å². The Kier molecular flexibility index (Phi) is 6.85. The molecule has 0 spiro atoms. The smallest absolute Gasteiger partial charge is 0.255 e. The molecule has 0 aromatic heterocycles. The van der Waals surface area contributed by atoms with Crippen molar-refractivity contribution in [1.29, 1.82) is 0 Å². The number of hydrogen-bond donors (Lipinski definition) is 1. The molecule has 0 fully saturated rings. The number of anilines is 1. The summed E-state index contributed by atoms with van der Waals surface area (Å²) in [5.74, 6) is -0.486. The Balaban J connectivity index is 2.18. The maximum atomic E-state index is 12.5. The maximum Gasteiger partial charge on any atom is 0.255 e. The van der Waals surface area contributed by atoms with Crippen LogP contribution in [0.25, 0.3) is 0 Å². The standard InChI is InChI=1S/C19H20Cl2N2O2/c1-3-4-11-23(2)19(25)14-8-5-7-13(12-14)18(24)22-17-15(20)9-6-10-16(17)21/h5-10,12H,3-4,11H2,1-2H3,(H,22,24). The first-order valence-electron chi connectivity index (χ1n) is 8.05. The van der Waals surface area contributed by atoms with Crippen molar-refractivity contribution in [2.24, 2.45) is 0 Å². The second-order valence-electron chi connectivity index (χ2n) is 5.71. The number of unbranched alkanes of at least 4 members (excludes halogenated alkanes) is 1. The van der Waals surface area contributed by atoms with E-state index in [-0.39, 0.29) is 11.8 Å². The summed E-state index contributed by atoms with van der Waals surface area (Å²) in [4.78, 5) is 26.6. The highest BCUT2D eigenvalue weighted by Gasteiger charge is 2.15. The summed E-state index contributed by atoms with van der Waals surface area (Å²) in [6, 6.07) is 11.6. The van der Waals surface area contributed by atoms with Gasteiger partial charge in [0.1, 0.15) is 0 Å². The Bertz CT molecular complexity index is 758. The van der Waals surface area contributed by atoms with Gasteiger partial charge in [0.25, 0.3) is 11.8 Å². The molecular formula is C19H20Cl2N2O2. The van der Waals surface area contributed by atoms with Gasteiger partial charge in [-0.2, -0.15) is 0 Å². The highest BCUT2D eigenvalue weighted by atomic mass is 35.5. The van der Waals surface area contributed by atoms with E-state index in [1.165, 1.54) is 0 Å². The van der Waals surface area contributed by atoms with Gasteiger partial charge in [0.05, 0.1) is 15.7 Å². The van der Waals surface area contributed by atoms with Gasteiger partial charge in [-0.25, -0.2) is 0 Å². The Morgan fingerprint density at radius 1 is 1.04 bits per heavy atom. The molecule has 6 heteroatoms. The van der Waals surface area contributed by atoms with Crippen LogP contribution in [0.4, 0.5) is 5.69 Å². The molecule has 2 aromatic rings. The molecule has 0 unspecified atom stereocenters. The summed E-state index contributed by atoms with van der Waals surface area (Å²) in [7, 11) is 1.76. The SMILES string of the molecule is CCCCN(C)C(=O)c1cccc(C(=O)Nc2c(Cl)cccc2Cl)c1. The molecule has 1 N–H and O–H groups in total. The Hall–Kier alpha value is -2.04. The van der Waals surface area contributed by atoms with Crippen molar-refractivity contribution in [1.82, 2.24) is 4.90 Å². The predicted octanol–water partition coefficient (Wildman–Crippen LogP) is 5.12. The first kappa shape index (κ1) is 19.3. The summed E-state index contributed by atoms with van der Waals surface area (Å²) < 4.78 is 0. The van der Waals surface area contributed by atoms with Crippen molar-refractivity contribution in [2.45, 2.75) is 19.8 Å². The summed E-state index contributed by atoms with van der Waals surface area (Å²) >= 11 is 12.1. The number of carbonyl (C=O) groups is 2. The summed E-state index contributed by atoms with van der Waals surface area (Å²) in [6.07, 6.45) is 1.95. The molecule has 0 radical (unpaired) electrons. The zero-order valence-corrected chi connectivity index (χ0v) is 15.7. The fourth-order valence-electron chi connectivity index (χ4n) is 2.31. The molecule has 0 heterocycles. The Morgan fingerprint density at radius 3 is 2.28 bits per heavy atom. The van der Waals surface area contributed by atoms with Gasteiger partial charge < -0.3 is 10.2 Å². The fourth-order valence-corrected chi connectivity index (χ4v) is 2.81. The second-order valence-corrected chi connectivity index (χ2v) is 6.53.